The van der Waals surface area contributed by atoms with E-state index in [4.69, 9.17) is 9.47 Å². The zero-order chi connectivity index (χ0) is 21.5. The lowest BCUT2D eigenvalue weighted by Gasteiger charge is -2.29. The first-order valence-electron chi connectivity index (χ1n) is 10.9. The smallest absolute Gasteiger partial charge is 0.222 e. The van der Waals surface area contributed by atoms with E-state index >= 15 is 0 Å². The second-order valence-electron chi connectivity index (χ2n) is 7.62. The number of carbonyl (C=O) groups is 3. The summed E-state index contributed by atoms with van der Waals surface area (Å²) < 4.78 is 10.8. The van der Waals surface area contributed by atoms with Crippen molar-refractivity contribution in [3.8, 4) is 0 Å². The Kier molecular flexibility index (Phi) is 13.2. The molecule has 170 valence electrons. The van der Waals surface area contributed by atoms with Gasteiger partial charge in [0.15, 0.2) is 0 Å². The summed E-state index contributed by atoms with van der Waals surface area (Å²) in [7, 11) is 0. The van der Waals surface area contributed by atoms with Crippen molar-refractivity contribution >= 4 is 17.6 Å². The average Bonchev–Trinajstić information content (AvgIpc) is 2.72. The molecule has 1 fully saturated rings. The highest BCUT2D eigenvalue weighted by Crippen LogP contribution is 2.27. The molecule has 0 aliphatic heterocycles. The molecule has 0 aromatic heterocycles. The maximum absolute atomic E-state index is 12.2. The second kappa shape index (κ2) is 15.2. The molecule has 0 saturated heterocycles. The SMILES string of the molecule is C=CC(C)C(=O)C1CCC(NC(=O)CCOCCOCCNC(=O)CCC)CC1.[HH].[HH]. The molecule has 0 radical (unpaired) electrons. The summed E-state index contributed by atoms with van der Waals surface area (Å²) in [6.07, 6.45) is 6.74. The van der Waals surface area contributed by atoms with Crippen LogP contribution in [0.1, 0.15) is 61.6 Å². The van der Waals surface area contributed by atoms with Crippen molar-refractivity contribution in [1.82, 2.24) is 10.6 Å². The van der Waals surface area contributed by atoms with E-state index in [9.17, 15) is 14.4 Å². The van der Waals surface area contributed by atoms with Crippen molar-refractivity contribution in [1.29, 1.82) is 0 Å². The molecule has 7 nitrogen and oxygen atoms in total. The van der Waals surface area contributed by atoms with E-state index in [1.54, 1.807) is 6.08 Å². The van der Waals surface area contributed by atoms with Crippen molar-refractivity contribution in [3.05, 3.63) is 12.7 Å². The van der Waals surface area contributed by atoms with Gasteiger partial charge in [-0.05, 0) is 32.1 Å². The van der Waals surface area contributed by atoms with Crippen LogP contribution in [0, 0.1) is 11.8 Å². The van der Waals surface area contributed by atoms with E-state index in [-0.39, 0.29) is 38.3 Å². The number of carbonyl (C=O) groups excluding carboxylic acids is 3. The van der Waals surface area contributed by atoms with Crippen molar-refractivity contribution in [3.63, 3.8) is 0 Å². The highest BCUT2D eigenvalue weighted by molar-refractivity contribution is 5.84. The first-order chi connectivity index (χ1) is 14.0. The number of hydrogen-bond acceptors (Lipinski definition) is 5. The Morgan fingerprint density at radius 1 is 1.03 bits per heavy atom. The molecular weight excluding hydrogens is 372 g/mol. The third kappa shape index (κ3) is 11.1. The lowest BCUT2D eigenvalue weighted by molar-refractivity contribution is -0.126. The third-order valence-electron chi connectivity index (χ3n) is 5.19. The third-order valence-corrected chi connectivity index (χ3v) is 5.19. The van der Waals surface area contributed by atoms with Gasteiger partial charge in [-0.1, -0.05) is 19.9 Å². The summed E-state index contributed by atoms with van der Waals surface area (Å²) in [6, 6.07) is 0.150. The molecule has 1 aliphatic rings. The van der Waals surface area contributed by atoms with Gasteiger partial charge < -0.3 is 20.1 Å². The lowest BCUT2D eigenvalue weighted by atomic mass is 9.80. The van der Waals surface area contributed by atoms with E-state index in [0.29, 0.717) is 45.8 Å². The normalized spacial score (nSPS) is 19.9. The number of nitrogens with one attached hydrogen (secondary N) is 2. The fraction of sp³-hybridized carbons (Fsp3) is 0.773. The minimum absolute atomic E-state index is 0. The Morgan fingerprint density at radius 3 is 2.31 bits per heavy atom. The number of amides is 2. The van der Waals surface area contributed by atoms with Crippen LogP contribution in [0.4, 0.5) is 0 Å². The molecule has 2 N–H and O–H groups in total. The monoisotopic (exact) mass is 414 g/mol. The van der Waals surface area contributed by atoms with E-state index in [1.165, 1.54) is 0 Å². The Bertz CT molecular complexity index is 526. The number of allylic oxidation sites excluding steroid dienone is 1. The van der Waals surface area contributed by atoms with Crippen LogP contribution in [-0.2, 0) is 23.9 Å². The Morgan fingerprint density at radius 2 is 1.69 bits per heavy atom. The minimum Gasteiger partial charge on any atom is -0.379 e. The quantitative estimate of drug-likeness (QED) is 0.317. The Labute approximate surface area is 177 Å². The zero-order valence-corrected chi connectivity index (χ0v) is 18.0. The van der Waals surface area contributed by atoms with Crippen LogP contribution in [0.5, 0.6) is 0 Å². The maximum Gasteiger partial charge on any atom is 0.222 e. The number of hydrogen-bond donors (Lipinski definition) is 2. The van der Waals surface area contributed by atoms with Gasteiger partial charge in [0.2, 0.25) is 11.8 Å². The highest BCUT2D eigenvalue weighted by Gasteiger charge is 2.28. The molecular formula is C22H42N2O5. The fourth-order valence-corrected chi connectivity index (χ4v) is 3.37. The molecule has 2 amide bonds. The van der Waals surface area contributed by atoms with Crippen LogP contribution in [0.25, 0.3) is 0 Å². The van der Waals surface area contributed by atoms with E-state index in [1.807, 2.05) is 13.8 Å². The number of ketones is 1. The van der Waals surface area contributed by atoms with Gasteiger partial charge in [0, 0.05) is 40.1 Å². The highest BCUT2D eigenvalue weighted by atomic mass is 16.5. The van der Waals surface area contributed by atoms with Gasteiger partial charge in [-0.3, -0.25) is 14.4 Å². The van der Waals surface area contributed by atoms with E-state index in [0.717, 1.165) is 32.1 Å². The molecule has 0 heterocycles. The van der Waals surface area contributed by atoms with Crippen LogP contribution in [0.2, 0.25) is 0 Å². The molecule has 1 aliphatic carbocycles. The van der Waals surface area contributed by atoms with Crippen LogP contribution in [0.15, 0.2) is 12.7 Å². The van der Waals surface area contributed by atoms with E-state index in [2.05, 4.69) is 17.2 Å². The van der Waals surface area contributed by atoms with Crippen molar-refractivity contribution in [2.45, 2.75) is 64.8 Å². The van der Waals surface area contributed by atoms with Gasteiger partial charge >= 0.3 is 0 Å². The second-order valence-corrected chi connectivity index (χ2v) is 7.62. The van der Waals surface area contributed by atoms with Gasteiger partial charge in [-0.15, -0.1) is 6.58 Å². The molecule has 0 bridgehead atoms. The van der Waals surface area contributed by atoms with Crippen molar-refractivity contribution in [2.24, 2.45) is 11.8 Å². The largest absolute Gasteiger partial charge is 0.379 e. The summed E-state index contributed by atoms with van der Waals surface area (Å²) in [5.41, 5.74) is 0. The number of Topliss-reactive ketones (excluding diaryl/α,β-unsaturated/α-hetero) is 1. The molecule has 1 unspecified atom stereocenters. The molecule has 0 aromatic carbocycles. The molecule has 0 spiro atoms. The van der Waals surface area contributed by atoms with Crippen LogP contribution >= 0.6 is 0 Å². The molecule has 7 heteroatoms. The first kappa shape index (κ1) is 25.3. The number of rotatable bonds is 15. The summed E-state index contributed by atoms with van der Waals surface area (Å²) in [4.78, 5) is 35.5. The summed E-state index contributed by atoms with van der Waals surface area (Å²) in [5, 5.41) is 5.82. The predicted octanol–water partition coefficient (Wildman–Crippen LogP) is 2.88. The van der Waals surface area contributed by atoms with Gasteiger partial charge in [0.25, 0.3) is 0 Å². The average molecular weight is 415 g/mol. The summed E-state index contributed by atoms with van der Waals surface area (Å²) in [5.74, 6) is 0.304. The first-order valence-corrected chi connectivity index (χ1v) is 10.9. The fourth-order valence-electron chi connectivity index (χ4n) is 3.37. The van der Waals surface area contributed by atoms with Gasteiger partial charge in [0.05, 0.1) is 26.4 Å². The molecule has 1 atom stereocenters. The van der Waals surface area contributed by atoms with E-state index < -0.39 is 0 Å². The summed E-state index contributed by atoms with van der Waals surface area (Å²) in [6.45, 7) is 9.71. The van der Waals surface area contributed by atoms with Crippen molar-refractivity contribution in [2.75, 3.05) is 33.0 Å². The molecule has 1 saturated carbocycles. The van der Waals surface area contributed by atoms with Crippen LogP contribution in [-0.4, -0.2) is 56.6 Å². The molecule has 29 heavy (non-hydrogen) atoms. The Balaban J connectivity index is 0. The van der Waals surface area contributed by atoms with Gasteiger partial charge in [-0.2, -0.15) is 0 Å². The van der Waals surface area contributed by atoms with Crippen molar-refractivity contribution < 1.29 is 26.7 Å². The molecule has 1 rings (SSSR count). The lowest BCUT2D eigenvalue weighted by Crippen LogP contribution is -2.39. The zero-order valence-electron chi connectivity index (χ0n) is 18.0. The minimum atomic E-state index is -0.0907. The predicted molar refractivity (Wildman–Crippen MR) is 117 cm³/mol. The summed E-state index contributed by atoms with van der Waals surface area (Å²) >= 11 is 0. The Hall–Kier alpha value is -1.73. The maximum atomic E-state index is 12.2. The molecule has 0 aromatic rings. The van der Waals surface area contributed by atoms with Gasteiger partial charge in [0.1, 0.15) is 5.78 Å². The van der Waals surface area contributed by atoms with Crippen LogP contribution < -0.4 is 10.6 Å². The van der Waals surface area contributed by atoms with Gasteiger partial charge in [-0.25, -0.2) is 0 Å². The number of ether oxygens (including phenoxy) is 2. The van der Waals surface area contributed by atoms with Crippen LogP contribution in [0.3, 0.4) is 0 Å². The topological polar surface area (TPSA) is 93.7 Å². The standard InChI is InChI=1S/C22H38N2O5.2H2/c1-4-6-20(25)23-12-14-29-16-15-28-13-11-21(26)24-19-9-7-18(8-10-19)22(27)17(3)5-2;;/h5,17-19H,2,4,6-16H2,1,3H3,(H,23,25)(H,24,26);2*1H.